The molecule has 0 bridgehead atoms. The first-order valence-corrected chi connectivity index (χ1v) is 4.50. The van der Waals surface area contributed by atoms with Crippen molar-refractivity contribution in [2.24, 2.45) is 0 Å². The van der Waals surface area contributed by atoms with E-state index in [1.165, 1.54) is 0 Å². The summed E-state index contributed by atoms with van der Waals surface area (Å²) in [7, 11) is 0. The average molecular weight is 263 g/mol. The molecule has 0 fully saturated rings. The van der Waals surface area contributed by atoms with Crippen LogP contribution in [0.25, 0.3) is 0 Å². The third-order valence-corrected chi connectivity index (χ3v) is 2.41. The Kier molecular flexibility index (Phi) is 3.85. The Balaban J connectivity index is 0.000000980. The van der Waals surface area contributed by atoms with Crippen molar-refractivity contribution in [1.82, 2.24) is 4.90 Å². The fraction of sp³-hybridized carbons (Fsp3) is 0.364. The summed E-state index contributed by atoms with van der Waals surface area (Å²) < 4.78 is 0. The maximum absolute atomic E-state index is 11.7. The van der Waals surface area contributed by atoms with Crippen molar-refractivity contribution in [2.75, 3.05) is 0 Å². The summed E-state index contributed by atoms with van der Waals surface area (Å²) in [4.78, 5) is 13.6. The quantitative estimate of drug-likeness (QED) is 0.708. The molecule has 2 nitrogen and oxygen atoms in total. The number of nitrogens with zero attached hydrogens (tertiary/aromatic N) is 1. The van der Waals surface area contributed by atoms with Gasteiger partial charge in [0.25, 0.3) is 0 Å². The smallest absolute Gasteiger partial charge is 0.198 e. The third kappa shape index (κ3) is 1.91. The molecule has 0 atom stereocenters. The van der Waals surface area contributed by atoms with E-state index in [0.29, 0.717) is 0 Å². The van der Waals surface area contributed by atoms with Crippen molar-refractivity contribution in [3.05, 3.63) is 35.4 Å². The first-order chi connectivity index (χ1) is 6.20. The second kappa shape index (κ2) is 4.54. The van der Waals surface area contributed by atoms with Crippen LogP contribution in [-0.2, 0) is 39.3 Å². The summed E-state index contributed by atoms with van der Waals surface area (Å²) in [5.41, 5.74) is 1.94. The van der Waals surface area contributed by atoms with Gasteiger partial charge in [-0.1, -0.05) is 5.56 Å². The molecule has 1 heterocycles. The number of hydrogen-bond donors (Lipinski definition) is 0. The Hall–Kier alpha value is -0.206. The molecule has 0 aliphatic carbocycles. The fourth-order valence-corrected chi connectivity index (χ4v) is 1.63. The van der Waals surface area contributed by atoms with Gasteiger partial charge < -0.3 is 4.90 Å². The molecule has 1 aliphatic rings. The number of fused-ring (bicyclic) bond motifs is 1. The molecule has 1 aromatic carbocycles. The van der Waals surface area contributed by atoms with Crippen molar-refractivity contribution < 1.29 is 37.5 Å². The Labute approximate surface area is 110 Å². The molecule has 0 N–H and O–H groups in total. The standard InChI is InChI=1S/C11H12NO.Y/c1-8(2)12-7-9-5-3-4-6-10(9)11(12)13;/h3,5-6,8H,7H2,1-2H3;/q-1;. The second-order valence-corrected chi connectivity index (χ2v) is 3.61. The van der Waals surface area contributed by atoms with Gasteiger partial charge >= 0.3 is 0 Å². The van der Waals surface area contributed by atoms with Crippen LogP contribution in [0.4, 0.5) is 0 Å². The number of carbonyl (C=O) groups is 1. The SMILES string of the molecule is CC(C)N1Cc2cc[c-]cc2C1=O.[Y]. The zero-order valence-electron chi connectivity index (χ0n) is 8.45. The Morgan fingerprint density at radius 2 is 2.21 bits per heavy atom. The van der Waals surface area contributed by atoms with Crippen LogP contribution in [0.15, 0.2) is 18.2 Å². The van der Waals surface area contributed by atoms with Gasteiger partial charge in [0.15, 0.2) is 5.91 Å². The van der Waals surface area contributed by atoms with Gasteiger partial charge in [0.05, 0.1) is 0 Å². The molecule has 0 unspecified atom stereocenters. The van der Waals surface area contributed by atoms with Gasteiger partial charge in [0.1, 0.15) is 0 Å². The van der Waals surface area contributed by atoms with E-state index >= 15 is 0 Å². The molecule has 0 aromatic heterocycles. The van der Waals surface area contributed by atoms with Gasteiger partial charge in [-0.05, 0) is 13.8 Å². The Bertz CT molecular complexity index is 349. The summed E-state index contributed by atoms with van der Waals surface area (Å²) in [5, 5.41) is 0. The minimum absolute atomic E-state index is 0. The van der Waals surface area contributed by atoms with Crippen molar-refractivity contribution in [2.45, 2.75) is 26.4 Å². The molecule has 0 saturated heterocycles. The van der Waals surface area contributed by atoms with Crippen LogP contribution >= 0.6 is 0 Å². The zero-order valence-corrected chi connectivity index (χ0v) is 11.3. The van der Waals surface area contributed by atoms with Gasteiger partial charge in [0.2, 0.25) is 0 Å². The van der Waals surface area contributed by atoms with Gasteiger partial charge in [0, 0.05) is 45.3 Å². The van der Waals surface area contributed by atoms with Crippen molar-refractivity contribution in [3.63, 3.8) is 0 Å². The number of carbonyl (C=O) groups excluding carboxylic acids is 1. The normalized spacial score (nSPS) is 14.2. The predicted molar refractivity (Wildman–Crippen MR) is 50.3 cm³/mol. The van der Waals surface area contributed by atoms with E-state index in [1.807, 2.05) is 30.9 Å². The minimum Gasteiger partial charge on any atom is -0.344 e. The zero-order chi connectivity index (χ0) is 9.42. The van der Waals surface area contributed by atoms with E-state index in [4.69, 9.17) is 0 Å². The molecule has 1 amide bonds. The molecule has 1 aromatic rings. The summed E-state index contributed by atoms with van der Waals surface area (Å²) in [6.07, 6.45) is 0. The van der Waals surface area contributed by atoms with Gasteiger partial charge in [-0.15, -0.1) is 5.56 Å². The molecule has 71 valence electrons. The predicted octanol–water partition coefficient (Wildman–Crippen LogP) is 1.85. The summed E-state index contributed by atoms with van der Waals surface area (Å²) in [6, 6.07) is 8.82. The average Bonchev–Trinajstić information content (AvgIpc) is 2.45. The monoisotopic (exact) mass is 263 g/mol. The topological polar surface area (TPSA) is 20.3 Å². The van der Waals surface area contributed by atoms with E-state index < -0.39 is 0 Å². The summed E-state index contributed by atoms with van der Waals surface area (Å²) in [6.45, 7) is 4.82. The van der Waals surface area contributed by atoms with Crippen LogP contribution in [-0.4, -0.2) is 16.8 Å². The maximum atomic E-state index is 11.7. The van der Waals surface area contributed by atoms with Gasteiger partial charge in [-0.2, -0.15) is 24.3 Å². The molecule has 1 radical (unpaired) electrons. The Morgan fingerprint density at radius 1 is 1.50 bits per heavy atom. The number of hydrogen-bond acceptors (Lipinski definition) is 1. The first kappa shape index (κ1) is 11.9. The van der Waals surface area contributed by atoms with Crippen LogP contribution < -0.4 is 0 Å². The van der Waals surface area contributed by atoms with Crippen molar-refractivity contribution in [1.29, 1.82) is 0 Å². The van der Waals surface area contributed by atoms with Crippen LogP contribution in [0.5, 0.6) is 0 Å². The molecular formula is C11H12NOY-. The first-order valence-electron chi connectivity index (χ1n) is 4.50. The minimum atomic E-state index is 0. The van der Waals surface area contributed by atoms with Crippen molar-refractivity contribution in [3.8, 4) is 0 Å². The van der Waals surface area contributed by atoms with Crippen LogP contribution in [0, 0.1) is 6.07 Å². The second-order valence-electron chi connectivity index (χ2n) is 3.61. The molecular weight excluding hydrogens is 251 g/mol. The molecule has 0 saturated carbocycles. The summed E-state index contributed by atoms with van der Waals surface area (Å²) in [5.74, 6) is 0.141. The number of amides is 1. The van der Waals surface area contributed by atoms with Crippen LogP contribution in [0.2, 0.25) is 0 Å². The fourth-order valence-electron chi connectivity index (χ4n) is 1.63. The van der Waals surface area contributed by atoms with E-state index in [2.05, 4.69) is 6.07 Å². The maximum Gasteiger partial charge on any atom is 0.198 e. The van der Waals surface area contributed by atoms with Gasteiger partial charge in [-0.25, -0.2) is 0 Å². The van der Waals surface area contributed by atoms with Crippen LogP contribution in [0.1, 0.15) is 29.8 Å². The third-order valence-electron chi connectivity index (χ3n) is 2.41. The van der Waals surface area contributed by atoms with Gasteiger partial charge in [-0.3, -0.25) is 4.79 Å². The van der Waals surface area contributed by atoms with Crippen LogP contribution in [0.3, 0.4) is 0 Å². The van der Waals surface area contributed by atoms with E-state index in [-0.39, 0.29) is 44.7 Å². The molecule has 2 rings (SSSR count). The van der Waals surface area contributed by atoms with E-state index in [1.54, 1.807) is 6.07 Å². The van der Waals surface area contributed by atoms with Crippen molar-refractivity contribution >= 4 is 5.91 Å². The van der Waals surface area contributed by atoms with E-state index in [0.717, 1.165) is 17.7 Å². The number of rotatable bonds is 1. The summed E-state index contributed by atoms with van der Waals surface area (Å²) >= 11 is 0. The van der Waals surface area contributed by atoms with E-state index in [9.17, 15) is 4.79 Å². The molecule has 14 heavy (non-hydrogen) atoms. The number of benzene rings is 1. The molecule has 0 spiro atoms. The Morgan fingerprint density at radius 3 is 2.79 bits per heavy atom. The largest absolute Gasteiger partial charge is 0.344 e. The molecule has 1 aliphatic heterocycles. The molecule has 3 heteroatoms.